The Kier molecular flexibility index (Phi) is 8.01. The van der Waals surface area contributed by atoms with E-state index in [0.717, 1.165) is 0 Å². The lowest BCUT2D eigenvalue weighted by Gasteiger charge is -2.05. The summed E-state index contributed by atoms with van der Waals surface area (Å²) in [6, 6.07) is 0. The van der Waals surface area contributed by atoms with Crippen molar-refractivity contribution in [2.24, 2.45) is 10.2 Å². The molecule has 2 aromatic rings. The van der Waals surface area contributed by atoms with Crippen molar-refractivity contribution in [1.29, 1.82) is 0 Å². The standard InChI is InChI=1S/C12Cl2N10O16/c13-1-5(17(25)26)9(21(33)34)3(10(22(35)36)6(1)18(27)28)15-16-4-11(23(37)38)7(19(29)30)2(14)8(20(31)32)12(4)24(39)40/b16-15+. The van der Waals surface area contributed by atoms with Crippen molar-refractivity contribution in [3.8, 4) is 0 Å². The molecule has 0 aromatic heterocycles. The Hall–Kier alpha value is -6.18. The van der Waals surface area contributed by atoms with Gasteiger partial charge in [-0.2, -0.15) is 0 Å². The topological polar surface area (TPSA) is 370 Å². The molecular weight excluding hydrogens is 611 g/mol. The number of halogens is 2. The minimum atomic E-state index is -2.10. The number of nitro groups is 8. The summed E-state index contributed by atoms with van der Waals surface area (Å²) in [7, 11) is 0. The van der Waals surface area contributed by atoms with Crippen LogP contribution in [0.2, 0.25) is 10.0 Å². The monoisotopic (exact) mass is 610 g/mol. The largest absolute Gasteiger partial charge is 0.382 e. The van der Waals surface area contributed by atoms with Crippen molar-refractivity contribution in [1.82, 2.24) is 0 Å². The molecule has 2 rings (SSSR count). The van der Waals surface area contributed by atoms with E-state index in [4.69, 9.17) is 23.2 Å². The lowest BCUT2D eigenvalue weighted by Crippen LogP contribution is -2.06. The van der Waals surface area contributed by atoms with E-state index in [0.29, 0.717) is 0 Å². The fourth-order valence-corrected chi connectivity index (χ4v) is 3.59. The molecule has 0 spiro atoms. The Morgan fingerprint density at radius 1 is 0.350 bits per heavy atom. The molecule has 0 saturated carbocycles. The van der Waals surface area contributed by atoms with Crippen molar-refractivity contribution in [3.05, 3.63) is 91.0 Å². The van der Waals surface area contributed by atoms with Gasteiger partial charge < -0.3 is 0 Å². The van der Waals surface area contributed by atoms with Gasteiger partial charge in [0, 0.05) is 0 Å². The van der Waals surface area contributed by atoms with Crippen LogP contribution < -0.4 is 0 Å². The zero-order valence-corrected chi connectivity index (χ0v) is 19.3. The number of rotatable bonds is 10. The van der Waals surface area contributed by atoms with Gasteiger partial charge in [0.2, 0.25) is 10.0 Å². The maximum atomic E-state index is 11.6. The summed E-state index contributed by atoms with van der Waals surface area (Å²) in [6.07, 6.45) is 0. The predicted molar refractivity (Wildman–Crippen MR) is 120 cm³/mol. The molecule has 28 heteroatoms. The van der Waals surface area contributed by atoms with Crippen molar-refractivity contribution < 1.29 is 39.4 Å². The van der Waals surface area contributed by atoms with E-state index in [-0.39, 0.29) is 0 Å². The molecule has 0 radical (unpaired) electrons. The third-order valence-corrected chi connectivity index (χ3v) is 5.05. The molecule has 0 saturated heterocycles. The zero-order chi connectivity index (χ0) is 31.0. The first kappa shape index (κ1) is 30.0. The van der Waals surface area contributed by atoms with Crippen molar-refractivity contribution in [3.63, 3.8) is 0 Å². The fraction of sp³-hybridized carbons (Fsp3) is 0. The van der Waals surface area contributed by atoms with Crippen LogP contribution in [-0.2, 0) is 0 Å². The van der Waals surface area contributed by atoms with Gasteiger partial charge in [-0.1, -0.05) is 23.2 Å². The summed E-state index contributed by atoms with van der Waals surface area (Å²) in [5.41, 5.74) is -20.5. The number of nitrogens with zero attached hydrogens (tertiary/aromatic N) is 10. The van der Waals surface area contributed by atoms with E-state index >= 15 is 0 Å². The molecule has 0 amide bonds. The summed E-state index contributed by atoms with van der Waals surface area (Å²) in [5, 5.41) is 93.9. The number of benzene rings is 2. The first-order chi connectivity index (χ1) is 18.4. The number of hydrogen-bond donors (Lipinski definition) is 0. The van der Waals surface area contributed by atoms with E-state index < -0.39 is 106 Å². The van der Waals surface area contributed by atoms with Gasteiger partial charge in [0.15, 0.2) is 0 Å². The summed E-state index contributed by atoms with van der Waals surface area (Å²) in [4.78, 5) is 77.9. The maximum Gasteiger partial charge on any atom is 0.382 e. The van der Waals surface area contributed by atoms with Gasteiger partial charge in [0.05, 0.1) is 39.4 Å². The first-order valence-corrected chi connectivity index (χ1v) is 9.49. The molecule has 0 atom stereocenters. The van der Waals surface area contributed by atoms with E-state index in [1.807, 2.05) is 0 Å². The van der Waals surface area contributed by atoms with E-state index in [1.54, 1.807) is 0 Å². The van der Waals surface area contributed by atoms with Crippen LogP contribution in [0, 0.1) is 80.9 Å². The SMILES string of the molecule is O=[N+]([O-])c1c(Cl)c([N+](=O)[O-])c([N+](=O)[O-])c(/N=N/c2c([N+](=O)[O-])c([N+](=O)[O-])c(Cl)c([N+](=O)[O-])c2[N+](=O)[O-])c1[N+](=O)[O-]. The Labute approximate surface area is 221 Å². The third-order valence-electron chi connectivity index (χ3n) is 4.34. The molecular formula is C12Cl2N10O16. The minimum absolute atomic E-state index is 1.72. The molecule has 0 heterocycles. The normalized spacial score (nSPS) is 10.8. The predicted octanol–water partition coefficient (Wildman–Crippen LogP) is 4.67. The molecule has 0 N–H and O–H groups in total. The van der Waals surface area contributed by atoms with Gasteiger partial charge in [-0.15, -0.1) is 10.2 Å². The minimum Gasteiger partial charge on any atom is -0.258 e. The molecule has 0 bridgehead atoms. The van der Waals surface area contributed by atoms with E-state index in [1.165, 1.54) is 0 Å². The van der Waals surface area contributed by atoms with Gasteiger partial charge in [-0.3, -0.25) is 80.9 Å². The van der Waals surface area contributed by atoms with E-state index in [2.05, 4.69) is 10.2 Å². The average Bonchev–Trinajstić information content (AvgIpc) is 2.80. The highest BCUT2D eigenvalue weighted by molar-refractivity contribution is 6.36. The Morgan fingerprint density at radius 2 is 0.500 bits per heavy atom. The Balaban J connectivity index is 3.37. The highest BCUT2D eigenvalue weighted by Gasteiger charge is 2.50. The maximum absolute atomic E-state index is 11.6. The average molecular weight is 611 g/mol. The lowest BCUT2D eigenvalue weighted by atomic mass is 10.1. The summed E-state index contributed by atoms with van der Waals surface area (Å²) in [6.45, 7) is 0. The van der Waals surface area contributed by atoms with Gasteiger partial charge in [0.1, 0.15) is 0 Å². The van der Waals surface area contributed by atoms with Crippen molar-refractivity contribution in [2.75, 3.05) is 0 Å². The first-order valence-electron chi connectivity index (χ1n) is 8.74. The summed E-state index contributed by atoms with van der Waals surface area (Å²) in [5.74, 6) is 0. The quantitative estimate of drug-likeness (QED) is 0.200. The van der Waals surface area contributed by atoms with Crippen LogP contribution in [0.3, 0.4) is 0 Å². The highest BCUT2D eigenvalue weighted by Crippen LogP contribution is 2.57. The third kappa shape index (κ3) is 4.87. The van der Waals surface area contributed by atoms with Gasteiger partial charge in [-0.25, -0.2) is 0 Å². The smallest absolute Gasteiger partial charge is 0.258 e. The highest BCUT2D eigenvalue weighted by atomic mass is 35.5. The zero-order valence-electron chi connectivity index (χ0n) is 17.8. The van der Waals surface area contributed by atoms with Crippen LogP contribution in [-0.4, -0.2) is 39.4 Å². The van der Waals surface area contributed by atoms with Crippen LogP contribution in [0.1, 0.15) is 0 Å². The van der Waals surface area contributed by atoms with Gasteiger partial charge >= 0.3 is 45.5 Å². The summed E-state index contributed by atoms with van der Waals surface area (Å²) >= 11 is 10.9. The molecule has 40 heavy (non-hydrogen) atoms. The van der Waals surface area contributed by atoms with E-state index in [9.17, 15) is 80.9 Å². The number of nitro benzene ring substituents is 8. The van der Waals surface area contributed by atoms with Crippen molar-refractivity contribution in [2.45, 2.75) is 0 Å². The van der Waals surface area contributed by atoms with Crippen LogP contribution in [0.25, 0.3) is 0 Å². The second-order valence-corrected chi connectivity index (χ2v) is 7.13. The molecule has 2 aromatic carbocycles. The van der Waals surface area contributed by atoms with Crippen LogP contribution in [0.4, 0.5) is 56.9 Å². The second-order valence-electron chi connectivity index (χ2n) is 6.37. The molecule has 208 valence electrons. The van der Waals surface area contributed by atoms with Crippen LogP contribution >= 0.6 is 23.2 Å². The molecule has 26 nitrogen and oxygen atoms in total. The molecule has 0 aliphatic rings. The van der Waals surface area contributed by atoms with Crippen LogP contribution in [0.5, 0.6) is 0 Å². The van der Waals surface area contributed by atoms with Gasteiger partial charge in [0.25, 0.3) is 11.4 Å². The Morgan fingerprint density at radius 3 is 0.625 bits per heavy atom. The van der Waals surface area contributed by atoms with Crippen LogP contribution in [0.15, 0.2) is 10.2 Å². The summed E-state index contributed by atoms with van der Waals surface area (Å²) < 4.78 is 0. The molecule has 0 aliphatic heterocycles. The van der Waals surface area contributed by atoms with Crippen molar-refractivity contribution >= 4 is 80.1 Å². The molecule has 0 fully saturated rings. The van der Waals surface area contributed by atoms with Gasteiger partial charge in [-0.05, 0) is 0 Å². The fourth-order valence-electron chi connectivity index (χ4n) is 2.96. The molecule has 0 aliphatic carbocycles. The number of hydrogen-bond acceptors (Lipinski definition) is 18. The molecule has 0 unspecified atom stereocenters. The Bertz CT molecular complexity index is 1430. The lowest BCUT2D eigenvalue weighted by molar-refractivity contribution is -0.433. The second kappa shape index (κ2) is 10.7. The number of azo groups is 1.